The Labute approximate surface area is 170 Å². The van der Waals surface area contributed by atoms with Crippen LogP contribution in [0.5, 0.6) is 0 Å². The summed E-state index contributed by atoms with van der Waals surface area (Å²) in [4.78, 5) is 14.7. The van der Waals surface area contributed by atoms with Crippen LogP contribution < -0.4 is 0 Å². The number of hydrogen-bond acceptors (Lipinski definition) is 4. The summed E-state index contributed by atoms with van der Waals surface area (Å²) in [6.07, 6.45) is 0. The second kappa shape index (κ2) is 7.35. The highest BCUT2D eigenvalue weighted by molar-refractivity contribution is 9.11. The predicted octanol–water partition coefficient (Wildman–Crippen LogP) is 3.81. The van der Waals surface area contributed by atoms with Crippen LogP contribution in [-0.4, -0.2) is 49.7 Å². The number of thiophene rings is 1. The molecule has 1 aliphatic heterocycles. The predicted molar refractivity (Wildman–Crippen MR) is 111 cm³/mol. The molecule has 8 heteroatoms. The molecule has 0 bridgehead atoms. The highest BCUT2D eigenvalue weighted by Gasteiger charge is 2.31. The lowest BCUT2D eigenvalue weighted by molar-refractivity contribution is 0.0700. The number of sulfonamides is 1. The highest BCUT2D eigenvalue weighted by atomic mass is 79.9. The normalized spacial score (nSPS) is 16.0. The summed E-state index contributed by atoms with van der Waals surface area (Å²) in [5.41, 5.74) is 0.659. The molecule has 0 atom stereocenters. The Kier molecular flexibility index (Phi) is 5.07. The van der Waals surface area contributed by atoms with Gasteiger partial charge in [-0.15, -0.1) is 11.3 Å². The molecule has 0 radical (unpaired) electrons. The number of piperazine rings is 1. The second-order valence-electron chi connectivity index (χ2n) is 6.28. The first-order valence-electron chi connectivity index (χ1n) is 8.49. The van der Waals surface area contributed by atoms with E-state index in [-0.39, 0.29) is 5.91 Å². The monoisotopic (exact) mass is 464 g/mol. The van der Waals surface area contributed by atoms with Gasteiger partial charge < -0.3 is 4.90 Å². The number of nitrogens with zero attached hydrogens (tertiary/aromatic N) is 2. The first-order valence-corrected chi connectivity index (χ1v) is 11.5. The van der Waals surface area contributed by atoms with E-state index < -0.39 is 10.0 Å². The summed E-state index contributed by atoms with van der Waals surface area (Å²) in [7, 11) is -3.51. The maximum absolute atomic E-state index is 13.0. The molecule has 27 heavy (non-hydrogen) atoms. The van der Waals surface area contributed by atoms with Gasteiger partial charge in [0.2, 0.25) is 0 Å². The molecule has 2 heterocycles. The SMILES string of the molecule is O=C(c1cccc2ccccc12)N1CCN(S(=O)(=O)c2ccc(Br)s2)CC1. The van der Waals surface area contributed by atoms with Gasteiger partial charge in [0.1, 0.15) is 4.21 Å². The topological polar surface area (TPSA) is 57.7 Å². The van der Waals surface area contributed by atoms with E-state index in [4.69, 9.17) is 0 Å². The van der Waals surface area contributed by atoms with Crippen LogP contribution in [0.15, 0.2) is 62.6 Å². The summed E-state index contributed by atoms with van der Waals surface area (Å²) >= 11 is 4.51. The van der Waals surface area contributed by atoms with Crippen molar-refractivity contribution in [2.24, 2.45) is 0 Å². The van der Waals surface area contributed by atoms with Crippen LogP contribution in [0.3, 0.4) is 0 Å². The van der Waals surface area contributed by atoms with Crippen molar-refractivity contribution in [2.45, 2.75) is 4.21 Å². The summed E-state index contributed by atoms with van der Waals surface area (Å²) in [5.74, 6) is -0.0530. The molecular formula is C19H17BrN2O3S2. The van der Waals surface area contributed by atoms with Gasteiger partial charge >= 0.3 is 0 Å². The minimum atomic E-state index is -3.51. The summed E-state index contributed by atoms with van der Waals surface area (Å²) in [6.45, 7) is 1.37. The van der Waals surface area contributed by atoms with Crippen LogP contribution in [0.25, 0.3) is 10.8 Å². The lowest BCUT2D eigenvalue weighted by Crippen LogP contribution is -2.50. The second-order valence-corrected chi connectivity index (χ2v) is 10.9. The average Bonchev–Trinajstić information content (AvgIpc) is 3.14. The maximum Gasteiger partial charge on any atom is 0.254 e. The lowest BCUT2D eigenvalue weighted by atomic mass is 10.0. The first kappa shape index (κ1) is 18.6. The lowest BCUT2D eigenvalue weighted by Gasteiger charge is -2.34. The Morgan fingerprint density at radius 1 is 0.926 bits per heavy atom. The van der Waals surface area contributed by atoms with Crippen molar-refractivity contribution in [3.63, 3.8) is 0 Å². The van der Waals surface area contributed by atoms with Gasteiger partial charge in [-0.05, 0) is 44.9 Å². The molecule has 1 aliphatic rings. The van der Waals surface area contributed by atoms with Crippen LogP contribution in [0.2, 0.25) is 0 Å². The zero-order valence-electron chi connectivity index (χ0n) is 14.3. The molecule has 0 N–H and O–H groups in total. The fraction of sp³-hybridized carbons (Fsp3) is 0.211. The number of fused-ring (bicyclic) bond motifs is 1. The number of rotatable bonds is 3. The van der Waals surface area contributed by atoms with Crippen molar-refractivity contribution in [2.75, 3.05) is 26.2 Å². The Morgan fingerprint density at radius 3 is 2.33 bits per heavy atom. The summed E-state index contributed by atoms with van der Waals surface area (Å²) in [5, 5.41) is 1.94. The number of halogens is 1. The molecule has 1 fully saturated rings. The smallest absolute Gasteiger partial charge is 0.254 e. The van der Waals surface area contributed by atoms with Crippen molar-refractivity contribution in [3.05, 3.63) is 63.9 Å². The van der Waals surface area contributed by atoms with Crippen LogP contribution in [0.1, 0.15) is 10.4 Å². The Balaban J connectivity index is 1.51. The average molecular weight is 465 g/mol. The molecule has 4 rings (SSSR count). The van der Waals surface area contributed by atoms with Gasteiger partial charge in [-0.2, -0.15) is 4.31 Å². The molecule has 1 amide bonds. The number of amides is 1. The standard InChI is InChI=1S/C19H17BrN2O3S2/c20-17-8-9-18(26-17)27(24,25)22-12-10-21(11-13-22)19(23)16-7-3-5-14-4-1-2-6-15(14)16/h1-9H,10-13H2. The van der Waals surface area contributed by atoms with E-state index in [1.54, 1.807) is 17.0 Å². The number of benzene rings is 2. The highest BCUT2D eigenvalue weighted by Crippen LogP contribution is 2.29. The van der Waals surface area contributed by atoms with Gasteiger partial charge in [-0.3, -0.25) is 4.79 Å². The minimum absolute atomic E-state index is 0.0530. The van der Waals surface area contributed by atoms with E-state index in [2.05, 4.69) is 15.9 Å². The molecule has 5 nitrogen and oxygen atoms in total. The van der Waals surface area contributed by atoms with Crippen LogP contribution >= 0.6 is 27.3 Å². The largest absolute Gasteiger partial charge is 0.336 e. The van der Waals surface area contributed by atoms with E-state index in [0.717, 1.165) is 14.6 Å². The first-order chi connectivity index (χ1) is 13.0. The summed E-state index contributed by atoms with van der Waals surface area (Å²) in [6, 6.07) is 16.8. The fourth-order valence-electron chi connectivity index (χ4n) is 3.28. The van der Waals surface area contributed by atoms with E-state index in [1.165, 1.54) is 15.6 Å². The molecule has 0 unspecified atom stereocenters. The van der Waals surface area contributed by atoms with Crippen LogP contribution in [0.4, 0.5) is 0 Å². The maximum atomic E-state index is 13.0. The molecule has 140 valence electrons. The summed E-state index contributed by atoms with van der Waals surface area (Å²) < 4.78 is 28.0. The third-order valence-corrected chi connectivity index (χ3v) is 8.68. The van der Waals surface area contributed by atoms with Crippen molar-refractivity contribution in [1.29, 1.82) is 0 Å². The number of carbonyl (C=O) groups excluding carboxylic acids is 1. The molecule has 2 aromatic carbocycles. The zero-order valence-corrected chi connectivity index (χ0v) is 17.6. The fourth-order valence-corrected chi connectivity index (χ4v) is 6.86. The third-order valence-electron chi connectivity index (χ3n) is 4.69. The molecule has 1 aromatic heterocycles. The molecular weight excluding hydrogens is 448 g/mol. The quantitative estimate of drug-likeness (QED) is 0.591. The van der Waals surface area contributed by atoms with E-state index in [1.807, 2.05) is 42.5 Å². The van der Waals surface area contributed by atoms with Crippen molar-refractivity contribution in [1.82, 2.24) is 9.21 Å². The Hall–Kier alpha value is -1.74. The van der Waals surface area contributed by atoms with Crippen LogP contribution in [0, 0.1) is 0 Å². The zero-order chi connectivity index (χ0) is 19.0. The number of carbonyl (C=O) groups is 1. The van der Waals surface area contributed by atoms with Gasteiger partial charge in [0, 0.05) is 31.7 Å². The van der Waals surface area contributed by atoms with Gasteiger partial charge in [0.15, 0.2) is 0 Å². The van der Waals surface area contributed by atoms with Crippen molar-refractivity contribution in [3.8, 4) is 0 Å². The van der Waals surface area contributed by atoms with Gasteiger partial charge in [0.25, 0.3) is 15.9 Å². The van der Waals surface area contributed by atoms with Gasteiger partial charge in [-0.1, -0.05) is 36.4 Å². The third kappa shape index (κ3) is 3.54. The van der Waals surface area contributed by atoms with Crippen molar-refractivity contribution >= 4 is 54.0 Å². The van der Waals surface area contributed by atoms with Gasteiger partial charge in [-0.25, -0.2) is 8.42 Å². The number of hydrogen-bond donors (Lipinski definition) is 0. The van der Waals surface area contributed by atoms with E-state index in [0.29, 0.717) is 36.0 Å². The van der Waals surface area contributed by atoms with Crippen LogP contribution in [-0.2, 0) is 10.0 Å². The van der Waals surface area contributed by atoms with E-state index >= 15 is 0 Å². The molecule has 3 aromatic rings. The van der Waals surface area contributed by atoms with E-state index in [9.17, 15) is 13.2 Å². The molecule has 0 saturated carbocycles. The Bertz CT molecular complexity index is 1100. The Morgan fingerprint density at radius 2 is 1.63 bits per heavy atom. The minimum Gasteiger partial charge on any atom is -0.336 e. The van der Waals surface area contributed by atoms with Crippen molar-refractivity contribution < 1.29 is 13.2 Å². The molecule has 1 saturated heterocycles. The molecule has 0 spiro atoms. The van der Waals surface area contributed by atoms with Gasteiger partial charge in [0.05, 0.1) is 3.79 Å². The molecule has 0 aliphatic carbocycles.